The van der Waals surface area contributed by atoms with Crippen LogP contribution in [-0.2, 0) is 6.54 Å². The van der Waals surface area contributed by atoms with Crippen molar-refractivity contribution in [2.75, 3.05) is 13.6 Å². The molecule has 0 unspecified atom stereocenters. The Morgan fingerprint density at radius 1 is 1.62 bits per heavy atom. The summed E-state index contributed by atoms with van der Waals surface area (Å²) in [5.41, 5.74) is 0.153. The molecule has 1 rings (SSSR count). The van der Waals surface area contributed by atoms with E-state index in [2.05, 4.69) is 0 Å². The number of nitrogens with zero attached hydrogens (tertiary/aromatic N) is 2. The van der Waals surface area contributed by atoms with Crippen molar-refractivity contribution >= 4 is 16.3 Å². The molecule has 0 radical (unpaired) electrons. The Balaban J connectivity index is 2.56. The average molecular weight is 244 g/mol. The summed E-state index contributed by atoms with van der Waals surface area (Å²) in [5, 5.41) is 22.0. The van der Waals surface area contributed by atoms with Crippen LogP contribution in [0.4, 0.5) is 5.00 Å². The van der Waals surface area contributed by atoms with E-state index >= 15 is 0 Å². The molecule has 5 nitrogen and oxygen atoms in total. The summed E-state index contributed by atoms with van der Waals surface area (Å²) in [6, 6.07) is 1.57. The van der Waals surface area contributed by atoms with Gasteiger partial charge in [0.2, 0.25) is 0 Å². The molecule has 0 bridgehead atoms. The molecule has 0 amide bonds. The summed E-state index contributed by atoms with van der Waals surface area (Å²) >= 11 is 1.13. The fraction of sp³-hybridized carbons (Fsp3) is 0.600. The van der Waals surface area contributed by atoms with E-state index in [9.17, 15) is 15.2 Å². The van der Waals surface area contributed by atoms with Gasteiger partial charge in [-0.15, -0.1) is 0 Å². The first kappa shape index (κ1) is 13.1. The molecule has 0 spiro atoms. The smallest absolute Gasteiger partial charge is 0.324 e. The summed E-state index contributed by atoms with van der Waals surface area (Å²) in [4.78, 5) is 12.0. The van der Waals surface area contributed by atoms with E-state index in [1.165, 1.54) is 0 Å². The number of aliphatic hydroxyl groups is 1. The fourth-order valence-corrected chi connectivity index (χ4v) is 2.29. The maximum atomic E-state index is 10.5. The molecule has 0 saturated carbocycles. The predicted octanol–water partition coefficient (Wildman–Crippen LogP) is 1.86. The summed E-state index contributed by atoms with van der Waals surface area (Å²) < 4.78 is 0. The SMILES string of the molecule is CN(Cc1csc([N+](=O)[O-])c1)CC(C)(C)O. The van der Waals surface area contributed by atoms with Gasteiger partial charge in [0.25, 0.3) is 0 Å². The van der Waals surface area contributed by atoms with Gasteiger partial charge < -0.3 is 5.11 Å². The monoisotopic (exact) mass is 244 g/mol. The first-order valence-electron chi connectivity index (χ1n) is 4.90. The fourth-order valence-electron chi connectivity index (χ4n) is 1.57. The van der Waals surface area contributed by atoms with Gasteiger partial charge in [-0.3, -0.25) is 15.0 Å². The van der Waals surface area contributed by atoms with Gasteiger partial charge in [-0.2, -0.15) is 0 Å². The molecule has 1 aromatic rings. The highest BCUT2D eigenvalue weighted by Crippen LogP contribution is 2.23. The van der Waals surface area contributed by atoms with Crippen molar-refractivity contribution in [3.63, 3.8) is 0 Å². The van der Waals surface area contributed by atoms with E-state index < -0.39 is 5.60 Å². The third-order valence-electron chi connectivity index (χ3n) is 1.93. The minimum atomic E-state index is -0.753. The zero-order valence-corrected chi connectivity index (χ0v) is 10.5. The lowest BCUT2D eigenvalue weighted by atomic mass is 10.1. The Hall–Kier alpha value is -0.980. The van der Waals surface area contributed by atoms with E-state index in [1.807, 2.05) is 11.9 Å². The number of hydrogen-bond donors (Lipinski definition) is 1. The third-order valence-corrected chi connectivity index (χ3v) is 2.86. The highest BCUT2D eigenvalue weighted by Gasteiger charge is 2.17. The Morgan fingerprint density at radius 2 is 2.25 bits per heavy atom. The molecule has 0 aliphatic heterocycles. The normalized spacial score (nSPS) is 12.1. The number of thiophene rings is 1. The highest BCUT2D eigenvalue weighted by atomic mass is 32.1. The molecular formula is C10H16N2O3S. The number of nitro groups is 1. The Labute approximate surface area is 98.5 Å². The van der Waals surface area contributed by atoms with Crippen LogP contribution in [0.2, 0.25) is 0 Å². The molecule has 90 valence electrons. The molecule has 0 aliphatic carbocycles. The van der Waals surface area contributed by atoms with Crippen molar-refractivity contribution in [1.82, 2.24) is 4.90 Å². The van der Waals surface area contributed by atoms with Crippen molar-refractivity contribution in [3.05, 3.63) is 27.1 Å². The molecule has 1 aromatic heterocycles. The summed E-state index contributed by atoms with van der Waals surface area (Å²) in [6.45, 7) is 4.60. The van der Waals surface area contributed by atoms with Gasteiger partial charge >= 0.3 is 5.00 Å². The van der Waals surface area contributed by atoms with Crippen LogP contribution in [0.1, 0.15) is 19.4 Å². The molecule has 1 N–H and O–H groups in total. The predicted molar refractivity (Wildman–Crippen MR) is 63.6 cm³/mol. The van der Waals surface area contributed by atoms with Crippen molar-refractivity contribution in [1.29, 1.82) is 0 Å². The van der Waals surface area contributed by atoms with Crippen LogP contribution >= 0.6 is 11.3 Å². The second-order valence-corrected chi connectivity index (χ2v) is 5.42. The lowest BCUT2D eigenvalue weighted by Gasteiger charge is -2.24. The zero-order chi connectivity index (χ0) is 12.3. The second kappa shape index (κ2) is 4.90. The Morgan fingerprint density at radius 3 is 2.69 bits per heavy atom. The van der Waals surface area contributed by atoms with E-state index in [0.29, 0.717) is 13.1 Å². The number of likely N-dealkylation sites (N-methyl/N-ethyl adjacent to an activating group) is 1. The average Bonchev–Trinajstić information content (AvgIpc) is 2.48. The first-order chi connectivity index (χ1) is 7.28. The molecule has 0 fully saturated rings. The molecule has 16 heavy (non-hydrogen) atoms. The van der Waals surface area contributed by atoms with Gasteiger partial charge in [-0.25, -0.2) is 0 Å². The maximum Gasteiger partial charge on any atom is 0.324 e. The van der Waals surface area contributed by atoms with E-state index in [4.69, 9.17) is 0 Å². The van der Waals surface area contributed by atoms with Crippen LogP contribution in [0.3, 0.4) is 0 Å². The maximum absolute atomic E-state index is 10.5. The van der Waals surface area contributed by atoms with E-state index in [0.717, 1.165) is 16.9 Å². The summed E-state index contributed by atoms with van der Waals surface area (Å²) in [6.07, 6.45) is 0. The summed E-state index contributed by atoms with van der Waals surface area (Å²) in [7, 11) is 1.88. The molecule has 0 saturated heterocycles. The minimum absolute atomic E-state index is 0.159. The van der Waals surface area contributed by atoms with E-state index in [1.54, 1.807) is 25.3 Å². The van der Waals surface area contributed by atoms with Crippen LogP contribution < -0.4 is 0 Å². The van der Waals surface area contributed by atoms with Gasteiger partial charge in [0.15, 0.2) is 0 Å². The van der Waals surface area contributed by atoms with Gasteiger partial charge in [-0.1, -0.05) is 11.3 Å². The highest BCUT2D eigenvalue weighted by molar-refractivity contribution is 7.13. The quantitative estimate of drug-likeness (QED) is 0.634. The standard InChI is InChI=1S/C10H16N2O3S/c1-10(2,13)7-11(3)5-8-4-9(12(14)15)16-6-8/h4,6,13H,5,7H2,1-3H3. The minimum Gasteiger partial charge on any atom is -0.389 e. The van der Waals surface area contributed by atoms with Gasteiger partial charge in [0.1, 0.15) is 0 Å². The van der Waals surface area contributed by atoms with Crippen molar-refractivity contribution < 1.29 is 10.0 Å². The van der Waals surface area contributed by atoms with Gasteiger partial charge in [0, 0.05) is 24.5 Å². The van der Waals surface area contributed by atoms with Gasteiger partial charge in [-0.05, 0) is 26.5 Å². The molecule has 6 heteroatoms. The molecular weight excluding hydrogens is 228 g/mol. The Kier molecular flexibility index (Phi) is 4.01. The molecule has 1 heterocycles. The van der Waals surface area contributed by atoms with Crippen molar-refractivity contribution in [2.45, 2.75) is 26.0 Å². The van der Waals surface area contributed by atoms with Crippen LogP contribution in [0, 0.1) is 10.1 Å². The van der Waals surface area contributed by atoms with Crippen LogP contribution in [0.15, 0.2) is 11.4 Å². The molecule has 0 aliphatic rings. The lowest BCUT2D eigenvalue weighted by Crippen LogP contribution is -2.35. The van der Waals surface area contributed by atoms with Crippen LogP contribution in [-0.4, -0.2) is 34.1 Å². The van der Waals surface area contributed by atoms with Crippen molar-refractivity contribution in [2.24, 2.45) is 0 Å². The topological polar surface area (TPSA) is 66.6 Å². The van der Waals surface area contributed by atoms with Crippen molar-refractivity contribution in [3.8, 4) is 0 Å². The summed E-state index contributed by atoms with van der Waals surface area (Å²) in [5.74, 6) is 0. The third kappa shape index (κ3) is 4.26. The lowest BCUT2D eigenvalue weighted by molar-refractivity contribution is -0.380. The molecule has 0 aromatic carbocycles. The largest absolute Gasteiger partial charge is 0.389 e. The second-order valence-electron chi connectivity index (χ2n) is 4.54. The number of hydrogen-bond acceptors (Lipinski definition) is 5. The first-order valence-corrected chi connectivity index (χ1v) is 5.78. The van der Waals surface area contributed by atoms with Crippen LogP contribution in [0.5, 0.6) is 0 Å². The Bertz CT molecular complexity index is 370. The molecule has 0 atom stereocenters. The van der Waals surface area contributed by atoms with E-state index in [-0.39, 0.29) is 9.92 Å². The number of rotatable bonds is 5. The van der Waals surface area contributed by atoms with Crippen LogP contribution in [0.25, 0.3) is 0 Å². The zero-order valence-electron chi connectivity index (χ0n) is 9.64. The van der Waals surface area contributed by atoms with Gasteiger partial charge in [0.05, 0.1) is 10.5 Å².